The second kappa shape index (κ2) is 4.11. The molecule has 0 heterocycles. The molecule has 14 heavy (non-hydrogen) atoms. The van der Waals surface area contributed by atoms with Crippen LogP contribution in [0.15, 0.2) is 29.2 Å². The zero-order valence-corrected chi connectivity index (χ0v) is 8.41. The molecule has 0 atom stereocenters. The summed E-state index contributed by atoms with van der Waals surface area (Å²) in [4.78, 5) is 4.36. The third-order valence-electron chi connectivity index (χ3n) is 1.65. The van der Waals surface area contributed by atoms with Crippen LogP contribution in [0.25, 0.3) is 5.01 Å². The fourth-order valence-electron chi connectivity index (χ4n) is 0.909. The third-order valence-corrected chi connectivity index (χ3v) is 3.06. The second-order valence-electron chi connectivity index (χ2n) is 2.77. The summed E-state index contributed by atoms with van der Waals surface area (Å²) in [6, 6.07) is 6.39. The standard InChI is InChI=1S/C9H9NO3S/c1-8-3-5-9(6-4-8)14(11,12)7-13-10-2/h3-6H,7H2,1H3. The largest absolute Gasteiger partial charge is 0.278 e. The Morgan fingerprint density at radius 3 is 2.43 bits per heavy atom. The predicted octanol–water partition coefficient (Wildman–Crippen LogP) is 1.58. The van der Waals surface area contributed by atoms with Crippen LogP contribution in [-0.2, 0) is 14.7 Å². The average Bonchev–Trinajstić information content (AvgIpc) is 2.16. The van der Waals surface area contributed by atoms with Gasteiger partial charge in [-0.05, 0) is 24.1 Å². The van der Waals surface area contributed by atoms with Crippen LogP contribution in [0.1, 0.15) is 5.56 Å². The van der Waals surface area contributed by atoms with Gasteiger partial charge in [0.15, 0.2) is 0 Å². The molecule has 1 aromatic carbocycles. The lowest BCUT2D eigenvalue weighted by atomic mass is 10.2. The van der Waals surface area contributed by atoms with Crippen molar-refractivity contribution in [3.8, 4) is 0 Å². The first kappa shape index (κ1) is 10.5. The van der Waals surface area contributed by atoms with Crippen LogP contribution in [0.4, 0.5) is 0 Å². The highest BCUT2D eigenvalue weighted by Gasteiger charge is 2.16. The highest BCUT2D eigenvalue weighted by molar-refractivity contribution is 7.91. The fraction of sp³-hybridized carbons (Fsp3) is 0.222. The smallest absolute Gasteiger partial charge is 0.220 e. The Kier molecular flexibility index (Phi) is 3.10. The fourth-order valence-corrected chi connectivity index (χ4v) is 1.79. The van der Waals surface area contributed by atoms with E-state index in [1.165, 1.54) is 12.1 Å². The van der Waals surface area contributed by atoms with Gasteiger partial charge in [0.1, 0.15) is 0 Å². The van der Waals surface area contributed by atoms with Gasteiger partial charge >= 0.3 is 0 Å². The van der Waals surface area contributed by atoms with Crippen molar-refractivity contribution >= 4 is 9.84 Å². The van der Waals surface area contributed by atoms with Crippen molar-refractivity contribution < 1.29 is 13.3 Å². The maximum atomic E-state index is 11.4. The van der Waals surface area contributed by atoms with Gasteiger partial charge in [0.2, 0.25) is 9.84 Å². The van der Waals surface area contributed by atoms with E-state index in [4.69, 9.17) is 6.57 Å². The van der Waals surface area contributed by atoms with E-state index in [1.807, 2.05) is 6.92 Å². The molecule has 0 aromatic heterocycles. The first-order valence-corrected chi connectivity index (χ1v) is 5.49. The summed E-state index contributed by atoms with van der Waals surface area (Å²) in [5, 5.41) is 2.53. The van der Waals surface area contributed by atoms with Crippen LogP contribution < -0.4 is 0 Å². The molecular formula is C9H9NO3S. The van der Waals surface area contributed by atoms with Gasteiger partial charge in [0, 0.05) is 0 Å². The Morgan fingerprint density at radius 2 is 1.93 bits per heavy atom. The summed E-state index contributed by atoms with van der Waals surface area (Å²) >= 11 is 0. The van der Waals surface area contributed by atoms with Gasteiger partial charge < -0.3 is 0 Å². The minimum atomic E-state index is -3.48. The molecule has 0 saturated heterocycles. The maximum absolute atomic E-state index is 11.4. The van der Waals surface area contributed by atoms with E-state index >= 15 is 0 Å². The summed E-state index contributed by atoms with van der Waals surface area (Å²) in [7, 11) is -3.48. The van der Waals surface area contributed by atoms with Crippen molar-refractivity contribution in [2.24, 2.45) is 0 Å². The van der Waals surface area contributed by atoms with Gasteiger partial charge in [-0.15, -0.1) is 0 Å². The molecule has 0 amide bonds. The Morgan fingerprint density at radius 1 is 1.36 bits per heavy atom. The van der Waals surface area contributed by atoms with Crippen molar-refractivity contribution in [1.82, 2.24) is 0 Å². The van der Waals surface area contributed by atoms with E-state index in [-0.39, 0.29) is 4.90 Å². The van der Waals surface area contributed by atoms with E-state index in [0.29, 0.717) is 0 Å². The number of benzene rings is 1. The molecule has 0 fully saturated rings. The third kappa shape index (κ3) is 2.47. The highest BCUT2D eigenvalue weighted by atomic mass is 32.2. The summed E-state index contributed by atoms with van der Waals surface area (Å²) in [6.45, 7) is 8.18. The number of nitrogens with zero attached hydrogens (tertiary/aromatic N) is 1. The van der Waals surface area contributed by atoms with Crippen molar-refractivity contribution in [1.29, 1.82) is 0 Å². The SMILES string of the molecule is [C-]#[N+]OCS(=O)(=O)c1ccc(C)cc1. The van der Waals surface area contributed by atoms with Gasteiger partial charge in [-0.3, -0.25) is 0 Å². The molecule has 0 saturated carbocycles. The molecule has 0 unspecified atom stereocenters. The van der Waals surface area contributed by atoms with E-state index in [1.54, 1.807) is 12.1 Å². The molecule has 0 radical (unpaired) electrons. The predicted molar refractivity (Wildman–Crippen MR) is 50.9 cm³/mol. The lowest BCUT2D eigenvalue weighted by Crippen LogP contribution is -2.07. The first-order valence-electron chi connectivity index (χ1n) is 3.84. The summed E-state index contributed by atoms with van der Waals surface area (Å²) in [5.41, 5.74) is 0.982. The summed E-state index contributed by atoms with van der Waals surface area (Å²) in [5.74, 6) is -0.598. The van der Waals surface area contributed by atoms with Gasteiger partial charge in [-0.25, -0.2) is 8.42 Å². The van der Waals surface area contributed by atoms with E-state index in [9.17, 15) is 8.42 Å². The van der Waals surface area contributed by atoms with Crippen LogP contribution in [0.2, 0.25) is 0 Å². The Bertz CT molecular complexity index is 442. The first-order chi connectivity index (χ1) is 6.56. The molecule has 0 aliphatic heterocycles. The molecule has 0 spiro atoms. The average molecular weight is 211 g/mol. The minimum absolute atomic E-state index is 0.173. The molecule has 5 heteroatoms. The molecule has 74 valence electrons. The van der Waals surface area contributed by atoms with Crippen LogP contribution in [-0.4, -0.2) is 14.4 Å². The van der Waals surface area contributed by atoms with E-state index < -0.39 is 15.8 Å². The second-order valence-corrected chi connectivity index (χ2v) is 4.70. The van der Waals surface area contributed by atoms with Crippen molar-refractivity contribution in [2.45, 2.75) is 11.8 Å². The number of aryl methyl sites for hydroxylation is 1. The quantitative estimate of drug-likeness (QED) is 0.563. The van der Waals surface area contributed by atoms with Crippen LogP contribution in [0.3, 0.4) is 0 Å². The van der Waals surface area contributed by atoms with Gasteiger partial charge in [0.05, 0.1) is 4.90 Å². The Balaban J connectivity index is 2.94. The Labute approximate surface area is 82.8 Å². The van der Waals surface area contributed by atoms with Gasteiger partial charge in [-0.1, -0.05) is 17.7 Å². The molecular weight excluding hydrogens is 202 g/mol. The number of sulfone groups is 1. The van der Waals surface area contributed by atoms with E-state index in [0.717, 1.165) is 5.56 Å². The number of rotatable bonds is 3. The Hall–Kier alpha value is -1.54. The molecule has 1 rings (SSSR count). The molecule has 0 aliphatic rings. The zero-order valence-electron chi connectivity index (χ0n) is 7.60. The van der Waals surface area contributed by atoms with E-state index in [2.05, 4.69) is 9.85 Å². The summed E-state index contributed by atoms with van der Waals surface area (Å²) in [6.07, 6.45) is 0. The van der Waals surface area contributed by atoms with Crippen LogP contribution >= 0.6 is 0 Å². The lowest BCUT2D eigenvalue weighted by molar-refractivity contribution is 0.298. The van der Waals surface area contributed by atoms with Crippen molar-refractivity contribution in [2.75, 3.05) is 5.94 Å². The number of hydrogen-bond donors (Lipinski definition) is 0. The molecule has 4 nitrogen and oxygen atoms in total. The molecule has 0 aliphatic carbocycles. The normalized spacial score (nSPS) is 10.6. The van der Waals surface area contributed by atoms with Gasteiger partial charge in [-0.2, -0.15) is 11.4 Å². The van der Waals surface area contributed by atoms with Crippen LogP contribution in [0.5, 0.6) is 0 Å². The van der Waals surface area contributed by atoms with Crippen molar-refractivity contribution in [3.05, 3.63) is 41.4 Å². The molecule has 0 bridgehead atoms. The van der Waals surface area contributed by atoms with Crippen molar-refractivity contribution in [3.63, 3.8) is 0 Å². The van der Waals surface area contributed by atoms with Gasteiger partial charge in [0.25, 0.3) is 5.94 Å². The lowest BCUT2D eigenvalue weighted by Gasteiger charge is -1.99. The zero-order chi connectivity index (χ0) is 10.6. The number of hydrogen-bond acceptors (Lipinski definition) is 3. The molecule has 1 aromatic rings. The topological polar surface area (TPSA) is 47.7 Å². The maximum Gasteiger partial charge on any atom is 0.278 e. The summed E-state index contributed by atoms with van der Waals surface area (Å²) < 4.78 is 22.9. The minimum Gasteiger partial charge on any atom is -0.220 e. The molecule has 0 N–H and O–H groups in total. The highest BCUT2D eigenvalue weighted by Crippen LogP contribution is 2.12. The monoisotopic (exact) mass is 211 g/mol. The van der Waals surface area contributed by atoms with Crippen LogP contribution in [0, 0.1) is 13.5 Å².